The fourth-order valence-corrected chi connectivity index (χ4v) is 3.21. The number of oxime groups is 1. The summed E-state index contributed by atoms with van der Waals surface area (Å²) in [6.07, 6.45) is 5.37. The summed E-state index contributed by atoms with van der Waals surface area (Å²) in [5.41, 5.74) is 5.55. The van der Waals surface area contributed by atoms with Crippen molar-refractivity contribution in [2.24, 2.45) is 10.9 Å². The fraction of sp³-hybridized carbons (Fsp3) is 0.923. The van der Waals surface area contributed by atoms with E-state index in [0.29, 0.717) is 24.5 Å². The fourth-order valence-electron chi connectivity index (χ4n) is 3.21. The highest BCUT2D eigenvalue weighted by molar-refractivity contribution is 5.81. The molecule has 0 bridgehead atoms. The van der Waals surface area contributed by atoms with Gasteiger partial charge in [0.2, 0.25) is 0 Å². The summed E-state index contributed by atoms with van der Waals surface area (Å²) in [4.78, 5) is 4.82. The minimum atomic E-state index is 0.297. The molecule has 2 atom stereocenters. The van der Waals surface area contributed by atoms with Crippen LogP contribution in [0.5, 0.6) is 0 Å². The molecule has 2 unspecified atom stereocenters. The van der Waals surface area contributed by atoms with Gasteiger partial charge in [-0.1, -0.05) is 5.16 Å². The SMILES string of the molecule is COC1CCCC(N2CCN(CC(N)=NO)CC2)C1. The zero-order valence-electron chi connectivity index (χ0n) is 11.8. The average molecular weight is 270 g/mol. The van der Waals surface area contributed by atoms with E-state index in [2.05, 4.69) is 15.0 Å². The van der Waals surface area contributed by atoms with Crippen LogP contribution in [-0.4, -0.2) is 72.8 Å². The topological polar surface area (TPSA) is 74.3 Å². The van der Waals surface area contributed by atoms with Crippen molar-refractivity contribution in [2.75, 3.05) is 39.8 Å². The second kappa shape index (κ2) is 7.07. The first-order valence-electron chi connectivity index (χ1n) is 7.18. The second-order valence-corrected chi connectivity index (χ2v) is 5.58. The molecule has 0 amide bonds. The lowest BCUT2D eigenvalue weighted by molar-refractivity contribution is 0.0134. The standard InChI is InChI=1S/C13H26N4O2/c1-19-12-4-2-3-11(9-12)17-7-5-16(6-8-17)10-13(14)15-18/h11-12,18H,2-10H2,1H3,(H2,14,15). The molecule has 19 heavy (non-hydrogen) atoms. The molecular weight excluding hydrogens is 244 g/mol. The number of amidine groups is 1. The number of methoxy groups -OCH3 is 1. The first-order chi connectivity index (χ1) is 9.22. The molecule has 1 aliphatic heterocycles. The van der Waals surface area contributed by atoms with Crippen molar-refractivity contribution in [3.63, 3.8) is 0 Å². The molecule has 3 N–H and O–H groups in total. The van der Waals surface area contributed by atoms with E-state index in [1.807, 2.05) is 7.11 Å². The van der Waals surface area contributed by atoms with Crippen LogP contribution in [0.3, 0.4) is 0 Å². The summed E-state index contributed by atoms with van der Waals surface area (Å²) in [7, 11) is 1.82. The highest BCUT2D eigenvalue weighted by Gasteiger charge is 2.29. The Morgan fingerprint density at radius 3 is 2.68 bits per heavy atom. The van der Waals surface area contributed by atoms with E-state index >= 15 is 0 Å². The molecule has 2 fully saturated rings. The maximum Gasteiger partial charge on any atom is 0.153 e. The van der Waals surface area contributed by atoms with Gasteiger partial charge in [0, 0.05) is 39.3 Å². The Kier molecular flexibility index (Phi) is 5.42. The van der Waals surface area contributed by atoms with Gasteiger partial charge in [-0.15, -0.1) is 0 Å². The molecule has 1 saturated carbocycles. The van der Waals surface area contributed by atoms with Gasteiger partial charge in [0.05, 0.1) is 12.6 Å². The van der Waals surface area contributed by atoms with Crippen LogP contribution < -0.4 is 5.73 Å². The lowest BCUT2D eigenvalue weighted by Crippen LogP contribution is -2.53. The Hall–Kier alpha value is -0.850. The van der Waals surface area contributed by atoms with E-state index in [1.54, 1.807) is 0 Å². The average Bonchev–Trinajstić information content (AvgIpc) is 2.48. The van der Waals surface area contributed by atoms with Crippen LogP contribution in [-0.2, 0) is 4.74 Å². The van der Waals surface area contributed by atoms with Gasteiger partial charge in [0.15, 0.2) is 5.84 Å². The van der Waals surface area contributed by atoms with Gasteiger partial charge in [0.1, 0.15) is 0 Å². The Morgan fingerprint density at radius 1 is 1.32 bits per heavy atom. The first kappa shape index (κ1) is 14.6. The smallest absolute Gasteiger partial charge is 0.153 e. The largest absolute Gasteiger partial charge is 0.409 e. The van der Waals surface area contributed by atoms with E-state index in [1.165, 1.54) is 19.3 Å². The molecule has 1 aliphatic carbocycles. The predicted octanol–water partition coefficient (Wildman–Crippen LogP) is 0.308. The van der Waals surface area contributed by atoms with Crippen molar-refractivity contribution in [3.8, 4) is 0 Å². The third-order valence-corrected chi connectivity index (χ3v) is 4.37. The zero-order valence-corrected chi connectivity index (χ0v) is 11.8. The molecule has 0 aromatic heterocycles. The number of rotatable bonds is 4. The van der Waals surface area contributed by atoms with E-state index in [4.69, 9.17) is 15.7 Å². The summed E-state index contributed by atoms with van der Waals surface area (Å²) in [5.74, 6) is 0.297. The maximum atomic E-state index is 8.59. The van der Waals surface area contributed by atoms with E-state index in [0.717, 1.165) is 32.6 Å². The van der Waals surface area contributed by atoms with Gasteiger partial charge >= 0.3 is 0 Å². The molecule has 1 saturated heterocycles. The lowest BCUT2D eigenvalue weighted by atomic mass is 9.91. The van der Waals surface area contributed by atoms with Gasteiger partial charge in [-0.25, -0.2) is 0 Å². The van der Waals surface area contributed by atoms with Crippen LogP contribution in [0.4, 0.5) is 0 Å². The number of piperazine rings is 1. The Bertz CT molecular complexity index is 303. The van der Waals surface area contributed by atoms with Crippen LogP contribution in [0.15, 0.2) is 5.16 Å². The number of ether oxygens (including phenoxy) is 1. The quantitative estimate of drug-likeness (QED) is 0.333. The van der Waals surface area contributed by atoms with Gasteiger partial charge in [0.25, 0.3) is 0 Å². The Labute approximate surface area is 115 Å². The summed E-state index contributed by atoms with van der Waals surface area (Å²) in [6, 6.07) is 0.671. The van der Waals surface area contributed by atoms with Crippen LogP contribution in [0.25, 0.3) is 0 Å². The summed E-state index contributed by atoms with van der Waals surface area (Å²) in [6.45, 7) is 4.68. The molecular formula is C13H26N4O2. The zero-order chi connectivity index (χ0) is 13.7. The third kappa shape index (κ3) is 4.06. The number of nitrogens with two attached hydrogens (primary N) is 1. The van der Waals surface area contributed by atoms with E-state index < -0.39 is 0 Å². The monoisotopic (exact) mass is 270 g/mol. The van der Waals surface area contributed by atoms with Crippen molar-refractivity contribution >= 4 is 5.84 Å². The lowest BCUT2D eigenvalue weighted by Gasteiger charge is -2.42. The Morgan fingerprint density at radius 2 is 2.05 bits per heavy atom. The molecule has 2 rings (SSSR count). The number of hydrogen-bond donors (Lipinski definition) is 2. The van der Waals surface area contributed by atoms with Gasteiger partial charge in [-0.05, 0) is 25.7 Å². The first-order valence-corrected chi connectivity index (χ1v) is 7.18. The Balaban J connectivity index is 1.76. The number of nitrogens with zero attached hydrogens (tertiary/aromatic N) is 3. The van der Waals surface area contributed by atoms with E-state index in [9.17, 15) is 0 Å². The molecule has 6 heteroatoms. The predicted molar refractivity (Wildman–Crippen MR) is 74.5 cm³/mol. The molecule has 0 aromatic rings. The number of hydrogen-bond acceptors (Lipinski definition) is 5. The molecule has 110 valence electrons. The highest BCUT2D eigenvalue weighted by Crippen LogP contribution is 2.25. The normalized spacial score (nSPS) is 31.5. The van der Waals surface area contributed by atoms with Crippen molar-refractivity contribution in [1.29, 1.82) is 0 Å². The minimum absolute atomic E-state index is 0.297. The van der Waals surface area contributed by atoms with Crippen LogP contribution in [0, 0.1) is 0 Å². The van der Waals surface area contributed by atoms with Gasteiger partial charge in [-0.3, -0.25) is 9.80 Å². The summed E-state index contributed by atoms with van der Waals surface area (Å²) >= 11 is 0. The molecule has 0 aromatic carbocycles. The van der Waals surface area contributed by atoms with Crippen LogP contribution >= 0.6 is 0 Å². The van der Waals surface area contributed by atoms with Crippen molar-refractivity contribution in [1.82, 2.24) is 9.80 Å². The van der Waals surface area contributed by atoms with Crippen LogP contribution in [0.2, 0.25) is 0 Å². The highest BCUT2D eigenvalue weighted by atomic mass is 16.5. The summed E-state index contributed by atoms with van der Waals surface area (Å²) in [5, 5.41) is 11.6. The van der Waals surface area contributed by atoms with Crippen molar-refractivity contribution in [2.45, 2.75) is 37.8 Å². The van der Waals surface area contributed by atoms with Crippen LogP contribution in [0.1, 0.15) is 25.7 Å². The molecule has 0 spiro atoms. The molecule has 0 radical (unpaired) electrons. The minimum Gasteiger partial charge on any atom is -0.409 e. The van der Waals surface area contributed by atoms with Crippen molar-refractivity contribution in [3.05, 3.63) is 0 Å². The van der Waals surface area contributed by atoms with E-state index in [-0.39, 0.29) is 0 Å². The molecule has 6 nitrogen and oxygen atoms in total. The van der Waals surface area contributed by atoms with Gasteiger partial charge < -0.3 is 15.7 Å². The summed E-state index contributed by atoms with van der Waals surface area (Å²) < 4.78 is 5.50. The van der Waals surface area contributed by atoms with Gasteiger partial charge in [-0.2, -0.15) is 0 Å². The molecule has 1 heterocycles. The third-order valence-electron chi connectivity index (χ3n) is 4.37. The second-order valence-electron chi connectivity index (χ2n) is 5.58. The maximum absolute atomic E-state index is 8.59. The molecule has 2 aliphatic rings. The van der Waals surface area contributed by atoms with Crippen molar-refractivity contribution < 1.29 is 9.94 Å².